The van der Waals surface area contributed by atoms with Crippen molar-refractivity contribution < 1.29 is 8.42 Å². The van der Waals surface area contributed by atoms with E-state index in [1.165, 1.54) is 6.08 Å². The maximum atomic E-state index is 12.2. The van der Waals surface area contributed by atoms with Gasteiger partial charge in [0.05, 0.1) is 11.8 Å². The molecule has 0 aromatic heterocycles. The second kappa shape index (κ2) is 3.98. The van der Waals surface area contributed by atoms with Gasteiger partial charge in [0, 0.05) is 0 Å². The predicted molar refractivity (Wildman–Crippen MR) is 66.4 cm³/mol. The summed E-state index contributed by atoms with van der Waals surface area (Å²) in [7, 11) is -3.48. The van der Waals surface area contributed by atoms with E-state index < -0.39 is 20.8 Å². The molecule has 0 fully saturated rings. The Morgan fingerprint density at radius 2 is 1.88 bits per heavy atom. The van der Waals surface area contributed by atoms with E-state index in [2.05, 4.69) is 0 Å². The van der Waals surface area contributed by atoms with Crippen LogP contribution in [0.5, 0.6) is 0 Å². The molecule has 16 heavy (non-hydrogen) atoms. The average molecular weight is 244 g/mol. The summed E-state index contributed by atoms with van der Waals surface area (Å²) in [5, 5.41) is 0. The third-order valence-electron chi connectivity index (χ3n) is 2.47. The summed E-state index contributed by atoms with van der Waals surface area (Å²) in [6.45, 7) is 5.59. The van der Waals surface area contributed by atoms with Gasteiger partial charge in [0.1, 0.15) is 0 Å². The van der Waals surface area contributed by atoms with Crippen LogP contribution < -0.4 is 11.5 Å². The lowest BCUT2D eigenvalue weighted by atomic mass is 10.0. The second-order valence-corrected chi connectivity index (χ2v) is 7.67. The molecule has 1 aliphatic carbocycles. The maximum absolute atomic E-state index is 12.2. The minimum atomic E-state index is -3.48. The van der Waals surface area contributed by atoms with Gasteiger partial charge in [-0.25, -0.2) is 8.42 Å². The van der Waals surface area contributed by atoms with Gasteiger partial charge in [-0.15, -0.1) is 0 Å². The van der Waals surface area contributed by atoms with Gasteiger partial charge < -0.3 is 11.5 Å². The van der Waals surface area contributed by atoms with Crippen molar-refractivity contribution in [1.82, 2.24) is 0 Å². The first-order valence-electron chi connectivity index (χ1n) is 5.21. The molecule has 1 aliphatic rings. The van der Waals surface area contributed by atoms with E-state index in [1.807, 2.05) is 20.8 Å². The monoisotopic (exact) mass is 244 g/mol. The predicted octanol–water partition coefficient (Wildman–Crippen LogP) is 0.556. The van der Waals surface area contributed by atoms with E-state index in [4.69, 9.17) is 11.5 Å². The Hall–Kier alpha value is -0.650. The van der Waals surface area contributed by atoms with Crippen molar-refractivity contribution >= 4 is 9.84 Å². The van der Waals surface area contributed by atoms with Gasteiger partial charge >= 0.3 is 0 Å². The van der Waals surface area contributed by atoms with Crippen molar-refractivity contribution in [3.05, 3.63) is 24.3 Å². The number of nitrogens with two attached hydrogens (primary N) is 2. The van der Waals surface area contributed by atoms with Gasteiger partial charge in [0.2, 0.25) is 0 Å². The summed E-state index contributed by atoms with van der Waals surface area (Å²) < 4.78 is 24.5. The molecule has 0 spiro atoms. The summed E-state index contributed by atoms with van der Waals surface area (Å²) in [5.41, 5.74) is 11.4. The lowest BCUT2D eigenvalue weighted by Crippen LogP contribution is -2.60. The number of sulfone groups is 1. The Kier molecular flexibility index (Phi) is 3.34. The first kappa shape index (κ1) is 13.4. The van der Waals surface area contributed by atoms with E-state index in [0.29, 0.717) is 0 Å². The molecule has 0 bridgehead atoms. The molecule has 5 heteroatoms. The van der Waals surface area contributed by atoms with E-state index in [9.17, 15) is 8.42 Å². The highest BCUT2D eigenvalue weighted by Gasteiger charge is 2.44. The van der Waals surface area contributed by atoms with E-state index >= 15 is 0 Å². The van der Waals surface area contributed by atoms with Crippen LogP contribution in [0, 0.1) is 5.41 Å². The summed E-state index contributed by atoms with van der Waals surface area (Å²) in [5.74, 6) is 0.0162. The van der Waals surface area contributed by atoms with Gasteiger partial charge in [0.25, 0.3) is 0 Å². The molecular formula is C11H20N2O2S. The molecule has 92 valence electrons. The summed E-state index contributed by atoms with van der Waals surface area (Å²) >= 11 is 0. The van der Waals surface area contributed by atoms with Crippen LogP contribution in [-0.2, 0) is 9.84 Å². The molecule has 2 unspecified atom stereocenters. The highest BCUT2D eigenvalue weighted by Crippen LogP contribution is 2.27. The Labute approximate surface area is 97.3 Å². The third-order valence-corrected chi connectivity index (χ3v) is 5.20. The molecule has 0 radical (unpaired) electrons. The molecule has 0 aromatic carbocycles. The van der Waals surface area contributed by atoms with Gasteiger partial charge in [-0.3, -0.25) is 0 Å². The fraction of sp³-hybridized carbons (Fsp3) is 0.636. The van der Waals surface area contributed by atoms with Crippen LogP contribution in [0.4, 0.5) is 0 Å². The first-order chi connectivity index (χ1) is 7.08. The topological polar surface area (TPSA) is 86.2 Å². The number of allylic oxidation sites excluding steroid dienone is 2. The minimum Gasteiger partial charge on any atom is -0.322 e. The Bertz CT molecular complexity index is 418. The molecule has 2 atom stereocenters. The van der Waals surface area contributed by atoms with Gasteiger partial charge in [-0.05, 0) is 11.5 Å². The molecular weight excluding hydrogens is 224 g/mol. The molecule has 0 aliphatic heterocycles. The quantitative estimate of drug-likeness (QED) is 0.743. The highest BCUT2D eigenvalue weighted by atomic mass is 32.2. The summed E-state index contributed by atoms with van der Waals surface area (Å²) in [6, 6.07) is -0.690. The smallest absolute Gasteiger partial charge is 0.174 e. The van der Waals surface area contributed by atoms with Crippen LogP contribution in [0.2, 0.25) is 0 Å². The third kappa shape index (κ3) is 2.53. The normalized spacial score (nSPS) is 30.7. The first-order valence-corrected chi connectivity index (χ1v) is 6.86. The second-order valence-electron chi connectivity index (χ2n) is 5.44. The Morgan fingerprint density at radius 3 is 2.31 bits per heavy atom. The van der Waals surface area contributed by atoms with Crippen molar-refractivity contribution in [2.24, 2.45) is 16.9 Å². The molecule has 0 heterocycles. The van der Waals surface area contributed by atoms with Crippen molar-refractivity contribution in [1.29, 1.82) is 0 Å². The van der Waals surface area contributed by atoms with Gasteiger partial charge in [-0.1, -0.05) is 39.0 Å². The fourth-order valence-corrected chi connectivity index (χ4v) is 3.83. The van der Waals surface area contributed by atoms with Gasteiger partial charge in [-0.2, -0.15) is 0 Å². The van der Waals surface area contributed by atoms with E-state index in [0.717, 1.165) is 0 Å². The number of hydrogen-bond acceptors (Lipinski definition) is 4. The molecule has 4 nitrogen and oxygen atoms in total. The lowest BCUT2D eigenvalue weighted by molar-refractivity contribution is 0.447. The van der Waals surface area contributed by atoms with Crippen LogP contribution in [0.15, 0.2) is 24.3 Å². The maximum Gasteiger partial charge on any atom is 0.174 e. The average Bonchev–Trinajstić information content (AvgIpc) is 2.05. The van der Waals surface area contributed by atoms with Crippen molar-refractivity contribution in [2.45, 2.75) is 31.7 Å². The minimum absolute atomic E-state index is 0.0162. The SMILES string of the molecule is CC(C)(C)CS(=O)(=O)C1(N)C=CC=CC1N. The van der Waals surface area contributed by atoms with Crippen LogP contribution in [0.1, 0.15) is 20.8 Å². The molecule has 0 saturated heterocycles. The molecule has 0 aromatic rings. The standard InChI is InChI=1S/C11H20N2O2S/c1-10(2,3)8-16(14,15)11(13)7-5-4-6-9(11)12/h4-7,9H,8,12-13H2,1-3H3. The van der Waals surface area contributed by atoms with Crippen LogP contribution in [0.25, 0.3) is 0 Å². The molecule has 4 N–H and O–H groups in total. The fourth-order valence-electron chi connectivity index (χ4n) is 1.66. The van der Waals surface area contributed by atoms with E-state index in [-0.39, 0.29) is 11.2 Å². The highest BCUT2D eigenvalue weighted by molar-refractivity contribution is 7.93. The van der Waals surface area contributed by atoms with Crippen LogP contribution >= 0.6 is 0 Å². The molecule has 0 saturated carbocycles. The molecule has 1 rings (SSSR count). The zero-order valence-corrected chi connectivity index (χ0v) is 10.8. The number of hydrogen-bond donors (Lipinski definition) is 2. The summed E-state index contributed by atoms with van der Waals surface area (Å²) in [4.78, 5) is -1.48. The lowest BCUT2D eigenvalue weighted by Gasteiger charge is -2.34. The van der Waals surface area contributed by atoms with Crippen LogP contribution in [-0.4, -0.2) is 25.1 Å². The van der Waals surface area contributed by atoms with Crippen LogP contribution in [0.3, 0.4) is 0 Å². The summed E-state index contributed by atoms with van der Waals surface area (Å²) in [6.07, 6.45) is 6.42. The van der Waals surface area contributed by atoms with Crippen molar-refractivity contribution in [3.8, 4) is 0 Å². The van der Waals surface area contributed by atoms with Crippen molar-refractivity contribution in [2.75, 3.05) is 5.75 Å². The Morgan fingerprint density at radius 1 is 1.31 bits per heavy atom. The largest absolute Gasteiger partial charge is 0.322 e. The molecule has 0 amide bonds. The van der Waals surface area contributed by atoms with E-state index in [1.54, 1.807) is 18.2 Å². The number of rotatable bonds is 2. The Balaban J connectivity index is 3.09. The van der Waals surface area contributed by atoms with Crippen molar-refractivity contribution in [3.63, 3.8) is 0 Å². The zero-order valence-electron chi connectivity index (χ0n) is 9.97. The van der Waals surface area contributed by atoms with Gasteiger partial charge in [0.15, 0.2) is 14.7 Å². The zero-order chi connectivity index (χ0) is 12.6.